The van der Waals surface area contributed by atoms with Gasteiger partial charge in [0, 0.05) is 0 Å². The average molecular weight is 278 g/mol. The minimum absolute atomic E-state index is 0.410. The van der Waals surface area contributed by atoms with Gasteiger partial charge in [0.15, 0.2) is 5.01 Å². The summed E-state index contributed by atoms with van der Waals surface area (Å²) in [6.07, 6.45) is 1.08. The smallest absolute Gasteiger partial charge is 0.219 e. The number of nitrogen functional groups attached to an aromatic ring is 1. The van der Waals surface area contributed by atoms with E-state index >= 15 is 0 Å². The monoisotopic (exact) mass is 278 g/mol. The summed E-state index contributed by atoms with van der Waals surface area (Å²) in [4.78, 5) is 0. The lowest BCUT2D eigenvalue weighted by Crippen LogP contribution is -2.05. The van der Waals surface area contributed by atoms with E-state index in [1.54, 1.807) is 0 Å². The van der Waals surface area contributed by atoms with Crippen LogP contribution in [0.4, 0.5) is 5.13 Å². The largest absolute Gasteiger partial charge is 0.486 e. The van der Waals surface area contributed by atoms with Crippen molar-refractivity contribution in [2.24, 2.45) is 5.84 Å². The minimum atomic E-state index is 0.410. The summed E-state index contributed by atoms with van der Waals surface area (Å²) in [5.74, 6) is 6.66. The highest BCUT2D eigenvalue weighted by atomic mass is 32.1. The zero-order valence-corrected chi connectivity index (χ0v) is 11.9. The molecule has 102 valence electrons. The van der Waals surface area contributed by atoms with E-state index in [1.807, 2.05) is 18.2 Å². The van der Waals surface area contributed by atoms with Gasteiger partial charge in [-0.05, 0) is 24.0 Å². The molecule has 6 heteroatoms. The number of ether oxygens (including phenoxy) is 1. The van der Waals surface area contributed by atoms with Crippen molar-refractivity contribution in [2.75, 3.05) is 5.43 Å². The molecule has 0 saturated heterocycles. The van der Waals surface area contributed by atoms with Crippen LogP contribution in [0, 0.1) is 0 Å². The Labute approximate surface area is 116 Å². The van der Waals surface area contributed by atoms with Crippen LogP contribution >= 0.6 is 11.3 Å². The topological polar surface area (TPSA) is 73.1 Å². The Balaban J connectivity index is 2.06. The van der Waals surface area contributed by atoms with Crippen molar-refractivity contribution < 1.29 is 4.74 Å². The third-order valence-electron chi connectivity index (χ3n) is 3.00. The van der Waals surface area contributed by atoms with Crippen molar-refractivity contribution in [3.05, 3.63) is 34.8 Å². The van der Waals surface area contributed by atoms with Crippen LogP contribution < -0.4 is 16.0 Å². The fourth-order valence-electron chi connectivity index (χ4n) is 1.75. The summed E-state index contributed by atoms with van der Waals surface area (Å²) in [6.45, 7) is 4.78. The van der Waals surface area contributed by atoms with Gasteiger partial charge in [-0.15, -0.1) is 10.2 Å². The highest BCUT2D eigenvalue weighted by molar-refractivity contribution is 7.15. The van der Waals surface area contributed by atoms with Crippen LogP contribution in [-0.2, 0) is 6.61 Å². The summed E-state index contributed by atoms with van der Waals surface area (Å²) in [5.41, 5.74) is 3.70. The number of hydrogen-bond acceptors (Lipinski definition) is 6. The molecule has 0 aliphatic carbocycles. The molecule has 0 fully saturated rings. The molecule has 0 spiro atoms. The summed E-state index contributed by atoms with van der Waals surface area (Å²) in [7, 11) is 0. The van der Waals surface area contributed by atoms with Gasteiger partial charge in [0.25, 0.3) is 0 Å². The van der Waals surface area contributed by atoms with E-state index < -0.39 is 0 Å². The van der Waals surface area contributed by atoms with Gasteiger partial charge in [-0.25, -0.2) is 5.84 Å². The summed E-state index contributed by atoms with van der Waals surface area (Å²) in [6, 6.07) is 8.12. The molecule has 1 aromatic heterocycles. The van der Waals surface area contributed by atoms with Crippen LogP contribution in [0.1, 0.15) is 36.8 Å². The zero-order valence-electron chi connectivity index (χ0n) is 11.1. The van der Waals surface area contributed by atoms with Gasteiger partial charge in [-0.1, -0.05) is 43.4 Å². The zero-order chi connectivity index (χ0) is 13.7. The fraction of sp³-hybridized carbons (Fsp3) is 0.385. The molecular formula is C13H18N4OS. The number of rotatable bonds is 6. The minimum Gasteiger partial charge on any atom is -0.486 e. The second kappa shape index (κ2) is 6.49. The maximum absolute atomic E-state index is 5.84. The predicted octanol–water partition coefficient (Wildman–Crippen LogP) is 2.92. The molecule has 5 nitrogen and oxygen atoms in total. The Morgan fingerprint density at radius 2 is 2.16 bits per heavy atom. The van der Waals surface area contributed by atoms with Crippen LogP contribution in [0.5, 0.6) is 5.75 Å². The molecule has 0 radical (unpaired) electrons. The summed E-state index contributed by atoms with van der Waals surface area (Å²) < 4.78 is 5.84. The molecule has 19 heavy (non-hydrogen) atoms. The van der Waals surface area contributed by atoms with Crippen LogP contribution in [0.3, 0.4) is 0 Å². The van der Waals surface area contributed by atoms with Gasteiger partial charge in [-0.3, -0.25) is 5.43 Å². The molecule has 3 N–H and O–H groups in total. The van der Waals surface area contributed by atoms with E-state index in [-0.39, 0.29) is 0 Å². The molecule has 1 atom stereocenters. The Bertz CT molecular complexity index is 529. The summed E-state index contributed by atoms with van der Waals surface area (Å²) in [5, 5.41) is 9.26. The number of anilines is 1. The highest BCUT2D eigenvalue weighted by Gasteiger charge is 2.10. The second-order valence-corrected chi connectivity index (χ2v) is 5.34. The Kier molecular flexibility index (Phi) is 4.70. The molecule has 0 aliphatic rings. The summed E-state index contributed by atoms with van der Waals surface area (Å²) >= 11 is 1.39. The van der Waals surface area contributed by atoms with Crippen LogP contribution in [0.2, 0.25) is 0 Å². The van der Waals surface area contributed by atoms with Crippen LogP contribution in [-0.4, -0.2) is 10.2 Å². The lowest BCUT2D eigenvalue weighted by atomic mass is 9.98. The molecule has 2 aromatic rings. The molecule has 0 saturated carbocycles. The van der Waals surface area contributed by atoms with Crippen molar-refractivity contribution in [1.29, 1.82) is 0 Å². The first-order valence-corrected chi connectivity index (χ1v) is 7.07. The molecule has 0 aliphatic heterocycles. The number of para-hydroxylation sites is 1. The second-order valence-electron chi connectivity index (χ2n) is 4.28. The van der Waals surface area contributed by atoms with E-state index in [9.17, 15) is 0 Å². The molecular weight excluding hydrogens is 260 g/mol. The number of hydrogen-bond donors (Lipinski definition) is 2. The van der Waals surface area contributed by atoms with Crippen molar-refractivity contribution in [3.63, 3.8) is 0 Å². The lowest BCUT2D eigenvalue weighted by Gasteiger charge is -2.14. The number of benzene rings is 1. The van der Waals surface area contributed by atoms with Gasteiger partial charge < -0.3 is 4.74 Å². The third-order valence-corrected chi connectivity index (χ3v) is 3.83. The predicted molar refractivity (Wildman–Crippen MR) is 77.2 cm³/mol. The third kappa shape index (κ3) is 3.42. The maximum atomic E-state index is 5.84. The van der Waals surface area contributed by atoms with Crippen LogP contribution in [0.25, 0.3) is 0 Å². The van der Waals surface area contributed by atoms with Crippen LogP contribution in [0.15, 0.2) is 24.3 Å². The Morgan fingerprint density at radius 3 is 2.84 bits per heavy atom. The highest BCUT2D eigenvalue weighted by Crippen LogP contribution is 2.29. The van der Waals surface area contributed by atoms with Crippen molar-refractivity contribution in [2.45, 2.75) is 32.8 Å². The van der Waals surface area contributed by atoms with E-state index in [1.165, 1.54) is 16.9 Å². The van der Waals surface area contributed by atoms with Gasteiger partial charge in [0.2, 0.25) is 5.13 Å². The normalized spacial score (nSPS) is 12.2. The number of nitrogens with one attached hydrogen (secondary N) is 1. The molecule has 0 bridgehead atoms. The molecule has 1 aromatic carbocycles. The van der Waals surface area contributed by atoms with Gasteiger partial charge >= 0.3 is 0 Å². The fourth-order valence-corrected chi connectivity index (χ4v) is 2.31. The SMILES string of the molecule is CCC(C)c1ccccc1OCc1nnc(NN)s1. The number of hydrazine groups is 1. The molecule has 1 heterocycles. The molecule has 1 unspecified atom stereocenters. The van der Waals surface area contributed by atoms with Crippen molar-refractivity contribution in [3.8, 4) is 5.75 Å². The molecule has 2 rings (SSSR count). The van der Waals surface area contributed by atoms with Gasteiger partial charge in [0.1, 0.15) is 12.4 Å². The Hall–Kier alpha value is -1.66. The average Bonchev–Trinajstić information content (AvgIpc) is 2.92. The number of nitrogens with two attached hydrogens (primary N) is 1. The Morgan fingerprint density at radius 1 is 1.37 bits per heavy atom. The quantitative estimate of drug-likeness (QED) is 0.628. The first-order valence-electron chi connectivity index (χ1n) is 6.25. The van der Waals surface area contributed by atoms with Gasteiger partial charge in [-0.2, -0.15) is 0 Å². The van der Waals surface area contributed by atoms with E-state index in [0.29, 0.717) is 17.7 Å². The first-order chi connectivity index (χ1) is 9.24. The lowest BCUT2D eigenvalue weighted by molar-refractivity contribution is 0.299. The van der Waals surface area contributed by atoms with Crippen molar-refractivity contribution >= 4 is 16.5 Å². The van der Waals surface area contributed by atoms with E-state index in [0.717, 1.165) is 17.2 Å². The maximum Gasteiger partial charge on any atom is 0.219 e. The molecule has 0 amide bonds. The van der Waals surface area contributed by atoms with Gasteiger partial charge in [0.05, 0.1) is 0 Å². The first kappa shape index (κ1) is 13.8. The number of aromatic nitrogens is 2. The number of nitrogens with zero attached hydrogens (tertiary/aromatic N) is 2. The van der Waals surface area contributed by atoms with E-state index in [4.69, 9.17) is 10.6 Å². The van der Waals surface area contributed by atoms with Crippen molar-refractivity contribution in [1.82, 2.24) is 10.2 Å². The van der Waals surface area contributed by atoms with E-state index in [2.05, 4.69) is 35.5 Å². The standard InChI is InChI=1S/C13H18N4OS/c1-3-9(2)10-6-4-5-7-11(10)18-8-12-16-17-13(15-14)19-12/h4-7,9H,3,8,14H2,1-2H3,(H,15,17).